The number of hydrogen-bond donors (Lipinski definition) is 0. The summed E-state index contributed by atoms with van der Waals surface area (Å²) in [5, 5.41) is 3.56. The van der Waals surface area contributed by atoms with Crippen molar-refractivity contribution in [1.82, 2.24) is 15.0 Å². The first-order valence-corrected chi connectivity index (χ1v) is 14.6. The molecular weight excluding hydrogens is 550 g/mol. The third-order valence-electron chi connectivity index (χ3n) is 8.09. The second-order valence-corrected chi connectivity index (χ2v) is 10.7. The summed E-state index contributed by atoms with van der Waals surface area (Å²) >= 11 is 0. The zero-order valence-corrected chi connectivity index (χ0v) is 23.7. The molecule has 0 saturated carbocycles. The fraction of sp³-hybridized carbons (Fsp3) is 0. The molecule has 0 fully saturated rings. The molecule has 45 heavy (non-hydrogen) atoms. The fourth-order valence-electron chi connectivity index (χ4n) is 6.04. The van der Waals surface area contributed by atoms with Crippen LogP contribution in [0.1, 0.15) is 8.22 Å². The first kappa shape index (κ1) is 19.9. The van der Waals surface area contributed by atoms with Crippen molar-refractivity contribution < 1.29 is 12.6 Å². The molecule has 0 N–H and O–H groups in total. The Morgan fingerprint density at radius 1 is 0.422 bits per heavy atom. The molecule has 0 aliphatic heterocycles. The molecule has 0 atom stereocenters. The highest BCUT2D eigenvalue weighted by molar-refractivity contribution is 6.12. The zero-order valence-electron chi connectivity index (χ0n) is 29.7. The van der Waals surface area contributed by atoms with E-state index < -0.39 is 6.04 Å². The average molecular weight is 582 g/mol. The van der Waals surface area contributed by atoms with Crippen LogP contribution >= 0.6 is 0 Å². The van der Waals surface area contributed by atoms with Crippen molar-refractivity contribution in [1.29, 1.82) is 0 Å². The number of nitrogens with zero attached hydrogens (tertiary/aromatic N) is 3. The third-order valence-corrected chi connectivity index (χ3v) is 8.09. The topological polar surface area (TPSA) is 51.8 Å². The van der Waals surface area contributed by atoms with E-state index in [0.717, 1.165) is 21.5 Å². The van der Waals surface area contributed by atoms with Crippen LogP contribution in [0, 0.1) is 0 Å². The number of para-hydroxylation sites is 1. The van der Waals surface area contributed by atoms with Crippen LogP contribution < -0.4 is 0 Å². The second kappa shape index (κ2) is 10.2. The van der Waals surface area contributed by atoms with Gasteiger partial charge in [-0.25, -0.2) is 15.0 Å². The number of furan rings is 1. The first-order chi connectivity index (χ1) is 24.8. The Morgan fingerprint density at radius 3 is 1.89 bits per heavy atom. The van der Waals surface area contributed by atoms with Gasteiger partial charge in [0.1, 0.15) is 11.2 Å². The van der Waals surface area contributed by atoms with Gasteiger partial charge in [0.25, 0.3) is 0 Å². The van der Waals surface area contributed by atoms with Crippen LogP contribution in [0.3, 0.4) is 0 Å². The van der Waals surface area contributed by atoms with Crippen molar-refractivity contribution in [2.24, 2.45) is 0 Å². The first-order valence-electron chi connectivity index (χ1n) is 17.6. The highest BCUT2D eigenvalue weighted by Gasteiger charge is 2.19. The Bertz CT molecular complexity index is 2890. The molecule has 4 heteroatoms. The minimum atomic E-state index is -0.401. The zero-order chi connectivity index (χ0) is 35.0. The van der Waals surface area contributed by atoms with E-state index in [-0.39, 0.29) is 63.8 Å². The molecule has 7 aromatic carbocycles. The quantitative estimate of drug-likeness (QED) is 0.207. The number of rotatable bonds is 4. The SMILES string of the molecule is [2H]c1c([2H])c(-c2cccc3ccccc23)c2c([2H])c([2H])c([2H])c(-c3nc(-c4ccccc4)nc(-c4cccc5oc6ccccc6c45)n3)c2c1[2H]. The minimum Gasteiger partial charge on any atom is -0.456 e. The lowest BCUT2D eigenvalue weighted by Gasteiger charge is -2.14. The molecule has 4 nitrogen and oxygen atoms in total. The van der Waals surface area contributed by atoms with Gasteiger partial charge in [0.2, 0.25) is 0 Å². The maximum atomic E-state index is 9.23. The third kappa shape index (κ3) is 4.19. The molecule has 0 spiro atoms. The Morgan fingerprint density at radius 2 is 1.02 bits per heavy atom. The van der Waals surface area contributed by atoms with Crippen molar-refractivity contribution in [3.05, 3.63) is 152 Å². The summed E-state index contributed by atoms with van der Waals surface area (Å²) in [6, 6.07) is 33.9. The van der Waals surface area contributed by atoms with E-state index in [4.69, 9.17) is 24.9 Å². The molecule has 0 bridgehead atoms. The van der Waals surface area contributed by atoms with Gasteiger partial charge < -0.3 is 4.42 Å². The predicted octanol–water partition coefficient (Wildman–Crippen LogP) is 10.7. The van der Waals surface area contributed by atoms with Gasteiger partial charge in [-0.15, -0.1) is 0 Å². The Kier molecular flexibility index (Phi) is 4.54. The number of benzene rings is 7. The second-order valence-electron chi connectivity index (χ2n) is 10.7. The van der Waals surface area contributed by atoms with Crippen molar-refractivity contribution in [2.45, 2.75) is 0 Å². The molecular formula is C41H25N3O. The molecule has 0 saturated heterocycles. The van der Waals surface area contributed by atoms with Crippen LogP contribution in [-0.2, 0) is 0 Å². The van der Waals surface area contributed by atoms with E-state index in [1.54, 1.807) is 0 Å². The van der Waals surface area contributed by atoms with Crippen molar-refractivity contribution in [2.75, 3.05) is 0 Å². The average Bonchev–Trinajstić information content (AvgIpc) is 3.56. The van der Waals surface area contributed by atoms with Crippen molar-refractivity contribution in [3.8, 4) is 45.3 Å². The van der Waals surface area contributed by atoms with Gasteiger partial charge in [-0.1, -0.05) is 139 Å². The van der Waals surface area contributed by atoms with Crippen LogP contribution in [0.15, 0.2) is 156 Å². The van der Waals surface area contributed by atoms with Gasteiger partial charge >= 0.3 is 0 Å². The van der Waals surface area contributed by atoms with Crippen molar-refractivity contribution in [3.63, 3.8) is 0 Å². The summed E-state index contributed by atoms with van der Waals surface area (Å²) < 4.78 is 60.8. The molecule has 2 heterocycles. The summed E-state index contributed by atoms with van der Waals surface area (Å²) in [6.07, 6.45) is 0. The summed E-state index contributed by atoms with van der Waals surface area (Å²) in [6.45, 7) is 0. The van der Waals surface area contributed by atoms with Crippen LogP contribution in [0.25, 0.3) is 88.8 Å². The maximum absolute atomic E-state index is 9.23. The van der Waals surface area contributed by atoms with Gasteiger partial charge in [0, 0.05) is 27.5 Å². The molecule has 0 amide bonds. The Balaban J connectivity index is 1.42. The molecule has 210 valence electrons. The van der Waals surface area contributed by atoms with Gasteiger partial charge in [-0.2, -0.15) is 0 Å². The smallest absolute Gasteiger partial charge is 0.164 e. The lowest BCUT2D eigenvalue weighted by molar-refractivity contribution is 0.669. The van der Waals surface area contributed by atoms with E-state index in [0.29, 0.717) is 33.7 Å². The normalized spacial score (nSPS) is 13.4. The monoisotopic (exact) mass is 581 g/mol. The van der Waals surface area contributed by atoms with E-state index in [1.807, 2.05) is 115 Å². The van der Waals surface area contributed by atoms with Crippen LogP contribution in [0.5, 0.6) is 0 Å². The summed E-state index contributed by atoms with van der Waals surface area (Å²) in [5.74, 6) is 0.606. The molecule has 2 aromatic heterocycles. The fourth-order valence-corrected chi connectivity index (χ4v) is 6.04. The molecule has 0 aliphatic rings. The maximum Gasteiger partial charge on any atom is 0.164 e. The lowest BCUT2D eigenvalue weighted by Crippen LogP contribution is -2.01. The highest BCUT2D eigenvalue weighted by atomic mass is 16.3. The molecule has 9 aromatic rings. The largest absolute Gasteiger partial charge is 0.456 e. The van der Waals surface area contributed by atoms with Gasteiger partial charge in [0.15, 0.2) is 17.5 Å². The summed E-state index contributed by atoms with van der Waals surface area (Å²) in [7, 11) is 0. The van der Waals surface area contributed by atoms with Crippen LogP contribution in [0.4, 0.5) is 0 Å². The molecule has 0 aliphatic carbocycles. The lowest BCUT2D eigenvalue weighted by atomic mass is 9.92. The Hall–Kier alpha value is -6.13. The number of fused-ring (bicyclic) bond motifs is 5. The van der Waals surface area contributed by atoms with E-state index in [1.165, 1.54) is 0 Å². The molecule has 0 radical (unpaired) electrons. The van der Waals surface area contributed by atoms with Crippen LogP contribution in [0.2, 0.25) is 0 Å². The van der Waals surface area contributed by atoms with E-state index in [9.17, 15) is 2.74 Å². The predicted molar refractivity (Wildman–Crippen MR) is 184 cm³/mol. The van der Waals surface area contributed by atoms with E-state index >= 15 is 0 Å². The summed E-state index contributed by atoms with van der Waals surface area (Å²) in [5.41, 5.74) is 3.55. The van der Waals surface area contributed by atoms with Gasteiger partial charge in [-0.3, -0.25) is 0 Å². The number of hydrogen-bond acceptors (Lipinski definition) is 4. The highest BCUT2D eigenvalue weighted by Crippen LogP contribution is 2.39. The molecule has 0 unspecified atom stereocenters. The summed E-state index contributed by atoms with van der Waals surface area (Å²) in [4.78, 5) is 14.7. The van der Waals surface area contributed by atoms with Gasteiger partial charge in [0.05, 0.1) is 8.22 Å². The van der Waals surface area contributed by atoms with Crippen LogP contribution in [-0.4, -0.2) is 15.0 Å². The Labute approximate surface area is 267 Å². The van der Waals surface area contributed by atoms with Crippen molar-refractivity contribution >= 4 is 43.5 Å². The standard InChI is InChI=1S/C41H25N3O/c1-2-13-27(14-3-1)39-42-40(44-41(43-39)35-23-11-25-37-38(35)34-17-6-7-24-36(34)45-37)33-22-10-20-31-30(19-9-21-32(31)33)29-18-8-15-26-12-4-5-16-28(26)29/h1-25H/i9D,10D,19D,20D,21D,22D. The molecule has 9 rings (SSSR count). The van der Waals surface area contributed by atoms with Gasteiger partial charge in [-0.05, 0) is 44.8 Å². The minimum absolute atomic E-state index is 0.0154. The number of aromatic nitrogens is 3. The van der Waals surface area contributed by atoms with E-state index in [2.05, 4.69) is 0 Å².